The maximum Gasteiger partial charge on any atom is 0.0716 e. The zero-order chi connectivity index (χ0) is 25.6. The first-order valence-corrected chi connectivity index (χ1v) is 12.9. The largest absolute Gasteiger partial charge is 0.248 e. The van der Waals surface area contributed by atoms with Crippen LogP contribution in [-0.4, -0.2) is 4.98 Å². The molecule has 0 fully saturated rings. The van der Waals surface area contributed by atoms with E-state index in [4.69, 9.17) is 4.98 Å². The Balaban J connectivity index is 0.000000184. The van der Waals surface area contributed by atoms with Gasteiger partial charge < -0.3 is 0 Å². The number of aromatic nitrogens is 1. The van der Waals surface area contributed by atoms with Crippen LogP contribution in [0, 0.1) is 0 Å². The van der Waals surface area contributed by atoms with Gasteiger partial charge in [-0.25, -0.2) is 4.98 Å². The highest BCUT2D eigenvalue weighted by molar-refractivity contribution is 6.06. The fraction of sp³-hybridized carbons (Fsp3) is 0. The van der Waals surface area contributed by atoms with Gasteiger partial charge in [0.05, 0.1) is 11.0 Å². The lowest BCUT2D eigenvalue weighted by Crippen LogP contribution is -1.90. The van der Waals surface area contributed by atoms with Gasteiger partial charge in [0.25, 0.3) is 0 Å². The first kappa shape index (κ1) is 23.4. The molecule has 0 N–H and O–H groups in total. The molecule has 0 bridgehead atoms. The second-order valence-corrected chi connectivity index (χ2v) is 9.20. The molecule has 0 amide bonds. The molecule has 0 saturated carbocycles. The summed E-state index contributed by atoms with van der Waals surface area (Å²) in [5, 5.41) is 2.36. The van der Waals surface area contributed by atoms with E-state index < -0.39 is 0 Å². The van der Waals surface area contributed by atoms with Crippen molar-refractivity contribution in [2.45, 2.75) is 0 Å². The van der Waals surface area contributed by atoms with Crippen LogP contribution in [-0.2, 0) is 0 Å². The highest BCUT2D eigenvalue weighted by Crippen LogP contribution is 2.38. The maximum atomic E-state index is 4.90. The molecule has 7 rings (SSSR count). The van der Waals surface area contributed by atoms with Crippen LogP contribution in [0.4, 0.5) is 0 Å². The standard InChI is InChI=1S/C25H17N.C12H10/c1-3-9-18(10-4-1)21-15-16-24-22(25(21)19-11-5-2-6-12-19)17-20-13-7-8-14-23(20)26-24;1-3-7-11(8-4-1)12-9-5-2-6-10-12/h1-17H;1-10H. The molecular weight excluding hydrogens is 458 g/mol. The van der Waals surface area contributed by atoms with Crippen molar-refractivity contribution >= 4 is 21.8 Å². The molecule has 0 unspecified atom stereocenters. The predicted molar refractivity (Wildman–Crippen MR) is 162 cm³/mol. The van der Waals surface area contributed by atoms with Crippen LogP contribution < -0.4 is 0 Å². The first-order valence-electron chi connectivity index (χ1n) is 12.9. The average Bonchev–Trinajstić information content (AvgIpc) is 3.01. The minimum absolute atomic E-state index is 1.03. The summed E-state index contributed by atoms with van der Waals surface area (Å²) >= 11 is 0. The average molecular weight is 486 g/mol. The van der Waals surface area contributed by atoms with Gasteiger partial charge in [0.15, 0.2) is 0 Å². The zero-order valence-corrected chi connectivity index (χ0v) is 21.0. The first-order chi connectivity index (χ1) is 18.9. The topological polar surface area (TPSA) is 12.9 Å². The van der Waals surface area contributed by atoms with Crippen LogP contribution in [0.2, 0.25) is 0 Å². The van der Waals surface area contributed by atoms with Gasteiger partial charge in [-0.15, -0.1) is 0 Å². The number of pyridine rings is 1. The van der Waals surface area contributed by atoms with E-state index in [1.807, 2.05) is 18.2 Å². The van der Waals surface area contributed by atoms with Gasteiger partial charge in [0, 0.05) is 10.8 Å². The summed E-state index contributed by atoms with van der Waals surface area (Å²) in [5.74, 6) is 0. The highest BCUT2D eigenvalue weighted by Gasteiger charge is 2.13. The second-order valence-electron chi connectivity index (χ2n) is 9.20. The summed E-state index contributed by atoms with van der Waals surface area (Å²) in [6.45, 7) is 0. The van der Waals surface area contributed by atoms with E-state index in [1.165, 1.54) is 44.2 Å². The number of hydrogen-bond donors (Lipinski definition) is 0. The van der Waals surface area contributed by atoms with Crippen LogP contribution >= 0.6 is 0 Å². The molecule has 0 spiro atoms. The van der Waals surface area contributed by atoms with Crippen LogP contribution in [0.5, 0.6) is 0 Å². The van der Waals surface area contributed by atoms with Crippen LogP contribution in [0.3, 0.4) is 0 Å². The molecule has 7 aromatic rings. The quantitative estimate of drug-likeness (QED) is 0.227. The molecule has 0 aliphatic carbocycles. The molecule has 1 nitrogen and oxygen atoms in total. The number of hydrogen-bond acceptors (Lipinski definition) is 1. The third kappa shape index (κ3) is 4.96. The van der Waals surface area contributed by atoms with Crippen molar-refractivity contribution in [3.63, 3.8) is 0 Å². The van der Waals surface area contributed by atoms with Gasteiger partial charge >= 0.3 is 0 Å². The van der Waals surface area contributed by atoms with E-state index in [2.05, 4.69) is 146 Å². The lowest BCUT2D eigenvalue weighted by molar-refractivity contribution is 1.49. The molecule has 0 radical (unpaired) electrons. The van der Waals surface area contributed by atoms with Crippen molar-refractivity contribution in [1.29, 1.82) is 0 Å². The summed E-state index contributed by atoms with van der Waals surface area (Å²) in [6.07, 6.45) is 0. The summed E-state index contributed by atoms with van der Waals surface area (Å²) in [7, 11) is 0. The van der Waals surface area contributed by atoms with Gasteiger partial charge in [-0.05, 0) is 51.6 Å². The predicted octanol–water partition coefficient (Wildman–Crippen LogP) is 10.1. The van der Waals surface area contributed by atoms with Gasteiger partial charge in [-0.1, -0.05) is 146 Å². The highest BCUT2D eigenvalue weighted by atomic mass is 14.7. The van der Waals surface area contributed by atoms with E-state index in [0.717, 1.165) is 11.0 Å². The number of para-hydroxylation sites is 1. The number of fused-ring (bicyclic) bond motifs is 2. The van der Waals surface area contributed by atoms with Gasteiger partial charge in [-0.2, -0.15) is 0 Å². The summed E-state index contributed by atoms with van der Waals surface area (Å²) in [5.41, 5.74) is 9.54. The fourth-order valence-electron chi connectivity index (χ4n) is 4.88. The molecule has 180 valence electrons. The normalized spacial score (nSPS) is 10.6. The van der Waals surface area contributed by atoms with Crippen molar-refractivity contribution < 1.29 is 0 Å². The third-order valence-corrected chi connectivity index (χ3v) is 6.73. The molecule has 0 atom stereocenters. The summed E-state index contributed by atoms with van der Waals surface area (Å²) in [6, 6.07) is 56.9. The molecule has 1 aromatic heterocycles. The third-order valence-electron chi connectivity index (χ3n) is 6.73. The van der Waals surface area contributed by atoms with Crippen molar-refractivity contribution in [2.75, 3.05) is 0 Å². The number of nitrogens with zero attached hydrogens (tertiary/aromatic N) is 1. The van der Waals surface area contributed by atoms with Crippen molar-refractivity contribution in [3.8, 4) is 33.4 Å². The lowest BCUT2D eigenvalue weighted by atomic mass is 9.90. The Bertz CT molecular complexity index is 1740. The molecule has 0 aliphatic rings. The number of rotatable bonds is 3. The zero-order valence-electron chi connectivity index (χ0n) is 21.0. The Morgan fingerprint density at radius 3 is 1.39 bits per heavy atom. The Morgan fingerprint density at radius 1 is 0.342 bits per heavy atom. The minimum Gasteiger partial charge on any atom is -0.248 e. The maximum absolute atomic E-state index is 4.90. The van der Waals surface area contributed by atoms with Crippen molar-refractivity contribution in [2.24, 2.45) is 0 Å². The molecule has 0 saturated heterocycles. The Hall–Kier alpha value is -5.01. The molecule has 6 aromatic carbocycles. The second kappa shape index (κ2) is 10.9. The van der Waals surface area contributed by atoms with E-state index in [9.17, 15) is 0 Å². The van der Waals surface area contributed by atoms with E-state index in [-0.39, 0.29) is 0 Å². The molecule has 1 heteroatoms. The van der Waals surface area contributed by atoms with Gasteiger partial charge in [0.1, 0.15) is 0 Å². The Morgan fingerprint density at radius 2 is 0.816 bits per heavy atom. The monoisotopic (exact) mass is 485 g/mol. The Kier molecular flexibility index (Phi) is 6.74. The van der Waals surface area contributed by atoms with E-state index in [0.29, 0.717) is 0 Å². The summed E-state index contributed by atoms with van der Waals surface area (Å²) < 4.78 is 0. The van der Waals surface area contributed by atoms with Crippen LogP contribution in [0.15, 0.2) is 164 Å². The SMILES string of the molecule is c1ccc(-c2ccc3nc4ccccc4cc3c2-c2ccccc2)cc1.c1ccc(-c2ccccc2)cc1. The molecule has 38 heavy (non-hydrogen) atoms. The molecular formula is C37H27N. The molecule has 0 aliphatic heterocycles. The van der Waals surface area contributed by atoms with Gasteiger partial charge in [0.2, 0.25) is 0 Å². The summed E-state index contributed by atoms with van der Waals surface area (Å²) in [4.78, 5) is 4.90. The lowest BCUT2D eigenvalue weighted by Gasteiger charge is -2.14. The van der Waals surface area contributed by atoms with E-state index in [1.54, 1.807) is 0 Å². The van der Waals surface area contributed by atoms with E-state index >= 15 is 0 Å². The fourth-order valence-corrected chi connectivity index (χ4v) is 4.88. The van der Waals surface area contributed by atoms with Crippen molar-refractivity contribution in [1.82, 2.24) is 4.98 Å². The molecule has 1 heterocycles. The number of benzene rings is 6. The smallest absolute Gasteiger partial charge is 0.0716 e. The van der Waals surface area contributed by atoms with Crippen LogP contribution in [0.1, 0.15) is 0 Å². The Labute approximate surface area is 223 Å². The van der Waals surface area contributed by atoms with Crippen molar-refractivity contribution in [3.05, 3.63) is 164 Å². The van der Waals surface area contributed by atoms with Gasteiger partial charge in [-0.3, -0.25) is 0 Å². The van der Waals surface area contributed by atoms with Crippen LogP contribution in [0.25, 0.3) is 55.2 Å². The minimum atomic E-state index is 1.03.